The molecule has 0 N–H and O–H groups in total. The zero-order chi connectivity index (χ0) is 23.8. The van der Waals surface area contributed by atoms with Crippen LogP contribution in [0, 0.1) is 0 Å². The Balaban J connectivity index is 1.27. The molecule has 3 aliphatic rings. The van der Waals surface area contributed by atoms with Crippen LogP contribution in [0.3, 0.4) is 0 Å². The van der Waals surface area contributed by atoms with E-state index in [1.165, 1.54) is 32.4 Å². The SMILES string of the molecule is O=C1CCc2cc(-c3cc(C(=O)N4CCC(N5CCCCC5)CC4)oc3-c3ccncc3)ccc21. The Kier molecular flexibility index (Phi) is 5.98. The molecule has 0 saturated carbocycles. The predicted octanol–water partition coefficient (Wildman–Crippen LogP) is 5.23. The second-order valence-electron chi connectivity index (χ2n) is 10.0. The molecular formula is C29H31N3O3. The average molecular weight is 470 g/mol. The molecule has 1 amide bonds. The molecule has 6 heteroatoms. The second-order valence-corrected chi connectivity index (χ2v) is 10.0. The van der Waals surface area contributed by atoms with Crippen LogP contribution in [0.2, 0.25) is 0 Å². The molecule has 1 aliphatic carbocycles. The first-order valence-corrected chi connectivity index (χ1v) is 12.9. The highest BCUT2D eigenvalue weighted by Gasteiger charge is 2.30. The third kappa shape index (κ3) is 4.31. The molecule has 0 radical (unpaired) electrons. The van der Waals surface area contributed by atoms with Gasteiger partial charge in [0.1, 0.15) is 5.76 Å². The molecule has 180 valence electrons. The van der Waals surface area contributed by atoms with Gasteiger partial charge in [0, 0.05) is 54.6 Å². The second kappa shape index (κ2) is 9.42. The van der Waals surface area contributed by atoms with Crippen molar-refractivity contribution in [3.8, 4) is 22.5 Å². The maximum absolute atomic E-state index is 13.5. The Hall–Kier alpha value is -3.25. The fraction of sp³-hybridized carbons (Fsp3) is 0.414. The van der Waals surface area contributed by atoms with E-state index in [0.717, 1.165) is 60.2 Å². The van der Waals surface area contributed by atoms with E-state index < -0.39 is 0 Å². The number of carbonyl (C=O) groups is 2. The van der Waals surface area contributed by atoms with Crippen LogP contribution in [0.15, 0.2) is 53.2 Å². The van der Waals surface area contributed by atoms with Crippen LogP contribution in [-0.2, 0) is 6.42 Å². The van der Waals surface area contributed by atoms with Crippen LogP contribution in [0.5, 0.6) is 0 Å². The molecule has 6 rings (SSSR count). The number of furan rings is 1. The first kappa shape index (κ1) is 22.2. The lowest BCUT2D eigenvalue weighted by Gasteiger charge is -2.40. The van der Waals surface area contributed by atoms with Gasteiger partial charge in [-0.3, -0.25) is 14.6 Å². The zero-order valence-corrected chi connectivity index (χ0v) is 20.0. The van der Waals surface area contributed by atoms with Gasteiger partial charge < -0.3 is 14.2 Å². The number of piperidine rings is 2. The lowest BCUT2D eigenvalue weighted by atomic mass is 9.98. The third-order valence-electron chi connectivity index (χ3n) is 7.88. The topological polar surface area (TPSA) is 66.7 Å². The number of likely N-dealkylation sites (tertiary alicyclic amines) is 2. The first-order chi connectivity index (χ1) is 17.2. The van der Waals surface area contributed by atoms with Crippen molar-refractivity contribution in [1.29, 1.82) is 0 Å². The third-order valence-corrected chi connectivity index (χ3v) is 7.88. The van der Waals surface area contributed by atoms with E-state index in [9.17, 15) is 9.59 Å². The number of hydrogen-bond acceptors (Lipinski definition) is 5. The number of aryl methyl sites for hydroxylation is 1. The summed E-state index contributed by atoms with van der Waals surface area (Å²) in [7, 11) is 0. The number of pyridine rings is 1. The minimum atomic E-state index is -0.0417. The smallest absolute Gasteiger partial charge is 0.289 e. The van der Waals surface area contributed by atoms with Crippen molar-refractivity contribution in [1.82, 2.24) is 14.8 Å². The summed E-state index contributed by atoms with van der Waals surface area (Å²) in [4.78, 5) is 34.3. The molecule has 6 nitrogen and oxygen atoms in total. The summed E-state index contributed by atoms with van der Waals surface area (Å²) in [6, 6.07) is 12.2. The molecule has 35 heavy (non-hydrogen) atoms. The fourth-order valence-electron chi connectivity index (χ4n) is 5.93. The standard InChI is InChI=1S/C29H31N3O3/c33-26-7-5-21-18-22(4-6-24(21)26)25-19-27(35-28(25)20-8-12-30-13-9-20)29(34)32-16-10-23(11-17-32)31-14-2-1-3-15-31/h4,6,8-9,12-13,18-19,23H,1-3,5,7,10-11,14-17H2. The number of ketones is 1. The normalized spacial score (nSPS) is 19.2. The van der Waals surface area contributed by atoms with Gasteiger partial charge in [-0.2, -0.15) is 0 Å². The largest absolute Gasteiger partial charge is 0.450 e. The molecule has 2 saturated heterocycles. The first-order valence-electron chi connectivity index (χ1n) is 12.9. The number of Topliss-reactive ketones (excluding diaryl/α,β-unsaturated/α-hetero) is 1. The molecule has 2 aromatic heterocycles. The van der Waals surface area contributed by atoms with E-state index in [4.69, 9.17) is 4.42 Å². The number of benzene rings is 1. The number of amides is 1. The van der Waals surface area contributed by atoms with Gasteiger partial charge in [0.05, 0.1) is 0 Å². The van der Waals surface area contributed by atoms with Crippen LogP contribution in [-0.4, -0.2) is 58.7 Å². The van der Waals surface area contributed by atoms with Gasteiger partial charge in [-0.1, -0.05) is 24.6 Å². The summed E-state index contributed by atoms with van der Waals surface area (Å²) in [5.74, 6) is 1.21. The van der Waals surface area contributed by atoms with Crippen molar-refractivity contribution in [2.24, 2.45) is 0 Å². The highest BCUT2D eigenvalue weighted by molar-refractivity contribution is 6.01. The van der Waals surface area contributed by atoms with E-state index in [1.54, 1.807) is 12.4 Å². The van der Waals surface area contributed by atoms with E-state index in [-0.39, 0.29) is 11.7 Å². The van der Waals surface area contributed by atoms with Gasteiger partial charge in [0.25, 0.3) is 5.91 Å². The Morgan fingerprint density at radius 1 is 0.857 bits per heavy atom. The number of fused-ring (bicyclic) bond motifs is 1. The molecule has 3 aromatic rings. The zero-order valence-electron chi connectivity index (χ0n) is 20.0. The Morgan fingerprint density at radius 2 is 1.63 bits per heavy atom. The Morgan fingerprint density at radius 3 is 2.40 bits per heavy atom. The molecule has 0 bridgehead atoms. The lowest BCUT2D eigenvalue weighted by Crippen LogP contribution is -2.48. The number of rotatable bonds is 4. The highest BCUT2D eigenvalue weighted by atomic mass is 16.4. The summed E-state index contributed by atoms with van der Waals surface area (Å²) in [6.45, 7) is 3.92. The summed E-state index contributed by atoms with van der Waals surface area (Å²) in [5.41, 5.74) is 4.62. The van der Waals surface area contributed by atoms with Gasteiger partial charge in [-0.25, -0.2) is 0 Å². The van der Waals surface area contributed by atoms with Crippen molar-refractivity contribution in [2.45, 2.75) is 51.0 Å². The number of aromatic nitrogens is 1. The van der Waals surface area contributed by atoms with Gasteiger partial charge in [0.15, 0.2) is 11.5 Å². The van der Waals surface area contributed by atoms with E-state index in [2.05, 4.69) is 16.0 Å². The molecule has 0 unspecified atom stereocenters. The summed E-state index contributed by atoms with van der Waals surface area (Å²) < 4.78 is 6.26. The molecule has 2 aliphatic heterocycles. The van der Waals surface area contributed by atoms with E-state index >= 15 is 0 Å². The summed E-state index contributed by atoms with van der Waals surface area (Å²) in [6.07, 6.45) is 10.8. The van der Waals surface area contributed by atoms with Crippen LogP contribution in [0.1, 0.15) is 65.0 Å². The number of hydrogen-bond donors (Lipinski definition) is 0. The van der Waals surface area contributed by atoms with Crippen molar-refractivity contribution < 1.29 is 14.0 Å². The van der Waals surface area contributed by atoms with Crippen molar-refractivity contribution in [2.75, 3.05) is 26.2 Å². The Bertz CT molecular complexity index is 1240. The van der Waals surface area contributed by atoms with Crippen LogP contribution < -0.4 is 0 Å². The van der Waals surface area contributed by atoms with Crippen molar-refractivity contribution in [3.05, 3.63) is 65.7 Å². The Labute approximate surface area is 205 Å². The number of nitrogens with zero attached hydrogens (tertiary/aromatic N) is 3. The maximum atomic E-state index is 13.5. The maximum Gasteiger partial charge on any atom is 0.289 e. The van der Waals surface area contributed by atoms with Crippen molar-refractivity contribution in [3.63, 3.8) is 0 Å². The van der Waals surface area contributed by atoms with Crippen LogP contribution in [0.25, 0.3) is 22.5 Å². The molecule has 2 fully saturated rings. The molecular weight excluding hydrogens is 438 g/mol. The van der Waals surface area contributed by atoms with Gasteiger partial charge in [-0.05, 0) is 74.5 Å². The van der Waals surface area contributed by atoms with Crippen LogP contribution in [0.4, 0.5) is 0 Å². The molecule has 0 atom stereocenters. The van der Waals surface area contributed by atoms with Gasteiger partial charge >= 0.3 is 0 Å². The predicted molar refractivity (Wildman–Crippen MR) is 134 cm³/mol. The lowest BCUT2D eigenvalue weighted by molar-refractivity contribution is 0.0563. The summed E-state index contributed by atoms with van der Waals surface area (Å²) in [5, 5.41) is 0. The monoisotopic (exact) mass is 469 g/mol. The van der Waals surface area contributed by atoms with Crippen LogP contribution >= 0.6 is 0 Å². The highest BCUT2D eigenvalue weighted by Crippen LogP contribution is 2.37. The van der Waals surface area contributed by atoms with Gasteiger partial charge in [-0.15, -0.1) is 0 Å². The minimum Gasteiger partial charge on any atom is -0.450 e. The van der Waals surface area contributed by atoms with Crippen molar-refractivity contribution >= 4 is 11.7 Å². The molecule has 1 aromatic carbocycles. The quantitative estimate of drug-likeness (QED) is 0.524. The molecule has 4 heterocycles. The fourth-order valence-corrected chi connectivity index (χ4v) is 5.93. The average Bonchev–Trinajstić information content (AvgIpc) is 3.53. The summed E-state index contributed by atoms with van der Waals surface area (Å²) >= 11 is 0. The number of carbonyl (C=O) groups excluding carboxylic acids is 2. The molecule has 0 spiro atoms. The van der Waals surface area contributed by atoms with Gasteiger partial charge in [0.2, 0.25) is 0 Å². The minimum absolute atomic E-state index is 0.0417. The van der Waals surface area contributed by atoms with E-state index in [1.807, 2.05) is 35.2 Å². The van der Waals surface area contributed by atoms with E-state index in [0.29, 0.717) is 24.0 Å².